The lowest BCUT2D eigenvalue weighted by Gasteiger charge is -2.10. The highest BCUT2D eigenvalue weighted by Crippen LogP contribution is 2.26. The average molecular weight is 436 g/mol. The Balaban J connectivity index is 2.58. The molecule has 3 nitrogen and oxygen atoms in total. The minimum atomic E-state index is -0.316. The monoisotopic (exact) mass is 435 g/mol. The molecule has 0 spiro atoms. The van der Waals surface area contributed by atoms with Crippen LogP contribution in [0.2, 0.25) is 0 Å². The van der Waals surface area contributed by atoms with Crippen molar-refractivity contribution in [3.63, 3.8) is 0 Å². The van der Waals surface area contributed by atoms with E-state index < -0.39 is 0 Å². The van der Waals surface area contributed by atoms with Crippen LogP contribution in [0.3, 0.4) is 0 Å². The van der Waals surface area contributed by atoms with Gasteiger partial charge in [-0.3, -0.25) is 0 Å². The maximum atomic E-state index is 13.6. The van der Waals surface area contributed by atoms with Crippen molar-refractivity contribution < 1.29 is 4.39 Å². The van der Waals surface area contributed by atoms with Gasteiger partial charge >= 0.3 is 0 Å². The SMILES string of the molecule is CCc1nc(-c2ccc(Br)c(F)c2)nc(NC)c1I. The molecule has 0 aliphatic rings. The maximum Gasteiger partial charge on any atom is 0.161 e. The Bertz CT molecular complexity index is 594. The van der Waals surface area contributed by atoms with Gasteiger partial charge in [-0.05, 0) is 63.1 Å². The molecule has 1 aromatic carbocycles. The lowest BCUT2D eigenvalue weighted by atomic mass is 10.2. The number of halogens is 3. The number of aromatic nitrogens is 2. The first kappa shape index (κ1) is 14.6. The molecule has 0 amide bonds. The van der Waals surface area contributed by atoms with Crippen LogP contribution in [0.1, 0.15) is 12.6 Å². The van der Waals surface area contributed by atoms with Gasteiger partial charge in [-0.25, -0.2) is 14.4 Å². The van der Waals surface area contributed by atoms with E-state index in [9.17, 15) is 4.39 Å². The normalized spacial score (nSPS) is 10.6. The molecule has 0 radical (unpaired) electrons. The van der Waals surface area contributed by atoms with Gasteiger partial charge in [0.25, 0.3) is 0 Å². The van der Waals surface area contributed by atoms with Gasteiger partial charge in [0.05, 0.1) is 13.7 Å². The minimum absolute atomic E-state index is 0.316. The summed E-state index contributed by atoms with van der Waals surface area (Å²) in [5, 5.41) is 3.04. The van der Waals surface area contributed by atoms with Gasteiger partial charge in [-0.1, -0.05) is 6.92 Å². The number of nitrogens with zero attached hydrogens (tertiary/aromatic N) is 2. The fourth-order valence-corrected chi connectivity index (χ4v) is 2.80. The molecule has 2 aromatic rings. The van der Waals surface area contributed by atoms with E-state index in [4.69, 9.17) is 0 Å². The van der Waals surface area contributed by atoms with Crippen molar-refractivity contribution >= 4 is 44.3 Å². The topological polar surface area (TPSA) is 37.8 Å². The van der Waals surface area contributed by atoms with E-state index in [1.54, 1.807) is 12.1 Å². The summed E-state index contributed by atoms with van der Waals surface area (Å²) in [4.78, 5) is 8.93. The van der Waals surface area contributed by atoms with E-state index in [1.165, 1.54) is 6.07 Å². The standard InChI is InChI=1S/C13H12BrFIN3/c1-3-10-11(16)13(17-2)19-12(18-10)7-4-5-8(14)9(15)6-7/h4-6H,3H2,1-2H3,(H,17,18,19). The zero-order valence-electron chi connectivity index (χ0n) is 10.5. The van der Waals surface area contributed by atoms with Crippen molar-refractivity contribution in [2.24, 2.45) is 0 Å². The van der Waals surface area contributed by atoms with Crippen molar-refractivity contribution in [1.29, 1.82) is 0 Å². The molecular formula is C13H12BrFIN3. The predicted molar refractivity (Wildman–Crippen MR) is 86.8 cm³/mol. The summed E-state index contributed by atoms with van der Waals surface area (Å²) in [5.74, 6) is 0.988. The van der Waals surface area contributed by atoms with Crippen LogP contribution in [0, 0.1) is 9.39 Å². The Morgan fingerprint density at radius 1 is 1.37 bits per heavy atom. The highest BCUT2D eigenvalue weighted by molar-refractivity contribution is 14.1. The van der Waals surface area contributed by atoms with E-state index >= 15 is 0 Å². The molecule has 0 aliphatic carbocycles. The summed E-state index contributed by atoms with van der Waals surface area (Å²) in [7, 11) is 1.82. The van der Waals surface area contributed by atoms with Crippen molar-refractivity contribution in [2.75, 3.05) is 12.4 Å². The van der Waals surface area contributed by atoms with E-state index in [-0.39, 0.29) is 5.82 Å². The van der Waals surface area contributed by atoms with E-state index in [0.29, 0.717) is 15.9 Å². The van der Waals surface area contributed by atoms with Gasteiger partial charge in [0.15, 0.2) is 5.82 Å². The Morgan fingerprint density at radius 3 is 2.68 bits per heavy atom. The van der Waals surface area contributed by atoms with Crippen molar-refractivity contribution in [2.45, 2.75) is 13.3 Å². The summed E-state index contributed by atoms with van der Waals surface area (Å²) in [6.45, 7) is 2.04. The third-order valence-electron chi connectivity index (χ3n) is 2.67. The van der Waals surface area contributed by atoms with Crippen LogP contribution in [0.4, 0.5) is 10.2 Å². The van der Waals surface area contributed by atoms with Gasteiger partial charge in [-0.2, -0.15) is 0 Å². The van der Waals surface area contributed by atoms with Crippen molar-refractivity contribution in [3.05, 3.63) is 37.8 Å². The largest absolute Gasteiger partial charge is 0.372 e. The van der Waals surface area contributed by atoms with Crippen LogP contribution in [0.25, 0.3) is 11.4 Å². The fourth-order valence-electron chi connectivity index (χ4n) is 1.66. The Hall–Kier alpha value is -0.760. The quantitative estimate of drug-likeness (QED) is 0.732. The van der Waals surface area contributed by atoms with Crippen molar-refractivity contribution in [1.82, 2.24) is 9.97 Å². The lowest BCUT2D eigenvalue weighted by molar-refractivity contribution is 0.621. The number of anilines is 1. The third-order valence-corrected chi connectivity index (χ3v) is 4.45. The van der Waals surface area contributed by atoms with Crippen LogP contribution in [0.15, 0.2) is 22.7 Å². The number of hydrogen-bond donors (Lipinski definition) is 1. The molecule has 0 saturated heterocycles. The molecule has 0 fully saturated rings. The molecule has 19 heavy (non-hydrogen) atoms. The first-order valence-electron chi connectivity index (χ1n) is 5.76. The molecule has 1 N–H and O–H groups in total. The zero-order chi connectivity index (χ0) is 14.0. The van der Waals surface area contributed by atoms with Crippen LogP contribution >= 0.6 is 38.5 Å². The van der Waals surface area contributed by atoms with Crippen LogP contribution < -0.4 is 5.32 Å². The second-order valence-corrected chi connectivity index (χ2v) is 5.82. The minimum Gasteiger partial charge on any atom is -0.372 e. The molecule has 2 rings (SSSR count). The summed E-state index contributed by atoms with van der Waals surface area (Å²) >= 11 is 5.36. The molecule has 0 aliphatic heterocycles. The van der Waals surface area contributed by atoms with Gasteiger partial charge in [0, 0.05) is 12.6 Å². The zero-order valence-corrected chi connectivity index (χ0v) is 14.2. The highest BCUT2D eigenvalue weighted by atomic mass is 127. The maximum absolute atomic E-state index is 13.6. The summed E-state index contributed by atoms with van der Waals surface area (Å²) in [6, 6.07) is 4.90. The second kappa shape index (κ2) is 6.13. The van der Waals surface area contributed by atoms with Crippen LogP contribution in [-0.2, 0) is 6.42 Å². The van der Waals surface area contributed by atoms with Gasteiger partial charge in [-0.15, -0.1) is 0 Å². The number of hydrogen-bond acceptors (Lipinski definition) is 3. The summed E-state index contributed by atoms with van der Waals surface area (Å²) in [5.41, 5.74) is 1.63. The van der Waals surface area contributed by atoms with Crippen molar-refractivity contribution in [3.8, 4) is 11.4 Å². The number of benzene rings is 1. The molecule has 100 valence electrons. The Morgan fingerprint density at radius 2 is 2.11 bits per heavy atom. The number of nitrogens with one attached hydrogen (secondary N) is 1. The Kier molecular flexibility index (Phi) is 4.72. The molecule has 0 unspecified atom stereocenters. The predicted octanol–water partition coefficient (Wildman–Crippen LogP) is 4.25. The highest BCUT2D eigenvalue weighted by Gasteiger charge is 2.12. The lowest BCUT2D eigenvalue weighted by Crippen LogP contribution is -2.04. The van der Waals surface area contributed by atoms with Gasteiger partial charge < -0.3 is 5.32 Å². The third kappa shape index (κ3) is 3.05. The number of aryl methyl sites for hydroxylation is 1. The molecule has 6 heteroatoms. The molecule has 1 aromatic heterocycles. The first-order chi connectivity index (χ1) is 9.06. The summed E-state index contributed by atoms with van der Waals surface area (Å²) in [6.07, 6.45) is 0.807. The Labute approximate surface area is 133 Å². The second-order valence-electron chi connectivity index (χ2n) is 3.89. The first-order valence-corrected chi connectivity index (χ1v) is 7.63. The smallest absolute Gasteiger partial charge is 0.161 e. The molecule has 0 bridgehead atoms. The molecule has 1 heterocycles. The van der Waals surface area contributed by atoms with Gasteiger partial charge in [0.1, 0.15) is 11.6 Å². The van der Waals surface area contributed by atoms with Crippen LogP contribution in [0.5, 0.6) is 0 Å². The van der Waals surface area contributed by atoms with E-state index in [0.717, 1.165) is 21.5 Å². The van der Waals surface area contributed by atoms with Gasteiger partial charge in [0.2, 0.25) is 0 Å². The van der Waals surface area contributed by atoms with E-state index in [2.05, 4.69) is 53.8 Å². The molecule has 0 saturated carbocycles. The molecular weight excluding hydrogens is 424 g/mol. The van der Waals surface area contributed by atoms with E-state index in [1.807, 2.05) is 14.0 Å². The molecule has 0 atom stereocenters. The summed E-state index contributed by atoms with van der Waals surface area (Å²) < 4.78 is 15.0. The fraction of sp³-hybridized carbons (Fsp3) is 0.231. The number of rotatable bonds is 3. The van der Waals surface area contributed by atoms with Crippen LogP contribution in [-0.4, -0.2) is 17.0 Å². The average Bonchev–Trinajstić information content (AvgIpc) is 2.42.